The number of nitrogens with zero attached hydrogens (tertiary/aromatic N) is 2. The minimum atomic E-state index is -1.49. The van der Waals surface area contributed by atoms with Gasteiger partial charge in [-0.05, 0) is 24.3 Å². The summed E-state index contributed by atoms with van der Waals surface area (Å²) in [5, 5.41) is 16.5. The summed E-state index contributed by atoms with van der Waals surface area (Å²) < 4.78 is 28.8. The van der Waals surface area contributed by atoms with Crippen LogP contribution in [0.25, 0.3) is 5.69 Å². The Kier molecular flexibility index (Phi) is 4.85. The van der Waals surface area contributed by atoms with Crippen LogP contribution in [-0.2, 0) is 0 Å². The lowest BCUT2D eigenvalue weighted by molar-refractivity contribution is 0.0911. The Morgan fingerprint density at radius 2 is 1.80 bits per heavy atom. The molecule has 3 rings (SSSR count). The summed E-state index contributed by atoms with van der Waals surface area (Å²) in [5.41, 5.74) is 0.586. The molecule has 0 spiro atoms. The highest BCUT2D eigenvalue weighted by Crippen LogP contribution is 2.20. The first kappa shape index (κ1) is 16.8. The number of aromatic nitrogens is 2. The summed E-state index contributed by atoms with van der Waals surface area (Å²) in [4.78, 5) is 12.1. The largest absolute Gasteiger partial charge is 0.386 e. The van der Waals surface area contributed by atoms with Gasteiger partial charge in [-0.3, -0.25) is 4.79 Å². The van der Waals surface area contributed by atoms with Crippen LogP contribution < -0.4 is 5.32 Å². The molecule has 1 unspecified atom stereocenters. The number of carbonyl (C=O) groups is 1. The fraction of sp³-hybridized carbons (Fsp3) is 0.111. The molecule has 0 fully saturated rings. The predicted molar refractivity (Wildman–Crippen MR) is 87.2 cm³/mol. The van der Waals surface area contributed by atoms with Crippen molar-refractivity contribution in [3.63, 3.8) is 0 Å². The summed E-state index contributed by atoms with van der Waals surface area (Å²) in [6, 6.07) is 12.5. The fourth-order valence-electron chi connectivity index (χ4n) is 2.38. The maximum atomic E-state index is 13.6. The van der Waals surface area contributed by atoms with Crippen LogP contribution in [0.15, 0.2) is 60.9 Å². The number of nitrogens with one attached hydrogen (secondary N) is 1. The maximum absolute atomic E-state index is 13.6. The Bertz CT molecular complexity index is 861. The second-order valence-corrected chi connectivity index (χ2v) is 5.37. The zero-order valence-electron chi connectivity index (χ0n) is 13.1. The van der Waals surface area contributed by atoms with Crippen molar-refractivity contribution in [2.75, 3.05) is 6.54 Å². The van der Waals surface area contributed by atoms with Gasteiger partial charge in [-0.2, -0.15) is 5.10 Å². The van der Waals surface area contributed by atoms with Crippen LogP contribution in [-0.4, -0.2) is 27.3 Å². The zero-order chi connectivity index (χ0) is 17.8. The topological polar surface area (TPSA) is 67.2 Å². The second-order valence-electron chi connectivity index (χ2n) is 5.37. The molecule has 1 amide bonds. The van der Waals surface area contributed by atoms with E-state index in [1.165, 1.54) is 23.1 Å². The van der Waals surface area contributed by atoms with Gasteiger partial charge in [0.05, 0.1) is 23.0 Å². The van der Waals surface area contributed by atoms with E-state index in [2.05, 4.69) is 10.4 Å². The standard InChI is InChI=1S/C18H15F2N3O2/c19-14-7-4-8-15(20)17(14)16(24)10-21-18(25)12-9-22-23(11-12)13-5-2-1-3-6-13/h1-9,11,16,24H,10H2,(H,21,25). The van der Waals surface area contributed by atoms with Gasteiger partial charge in [0.25, 0.3) is 5.91 Å². The first-order chi connectivity index (χ1) is 12.1. The Labute approximate surface area is 142 Å². The number of para-hydroxylation sites is 1. The molecule has 1 heterocycles. The fourth-order valence-corrected chi connectivity index (χ4v) is 2.38. The van der Waals surface area contributed by atoms with E-state index in [9.17, 15) is 18.7 Å². The second kappa shape index (κ2) is 7.23. The van der Waals surface area contributed by atoms with Crippen LogP contribution >= 0.6 is 0 Å². The summed E-state index contributed by atoms with van der Waals surface area (Å²) in [6.07, 6.45) is 1.41. The van der Waals surface area contributed by atoms with Gasteiger partial charge < -0.3 is 10.4 Å². The molecule has 1 aromatic heterocycles. The number of halogens is 2. The first-order valence-corrected chi connectivity index (χ1v) is 7.56. The van der Waals surface area contributed by atoms with E-state index >= 15 is 0 Å². The molecule has 25 heavy (non-hydrogen) atoms. The van der Waals surface area contributed by atoms with E-state index in [1.807, 2.05) is 30.3 Å². The quantitative estimate of drug-likeness (QED) is 0.748. The highest BCUT2D eigenvalue weighted by atomic mass is 19.1. The third-order valence-electron chi connectivity index (χ3n) is 3.65. The monoisotopic (exact) mass is 343 g/mol. The van der Waals surface area contributed by atoms with Crippen LogP contribution in [0.5, 0.6) is 0 Å². The molecular weight excluding hydrogens is 328 g/mol. The molecule has 0 saturated carbocycles. The molecular formula is C18H15F2N3O2. The number of benzene rings is 2. The van der Waals surface area contributed by atoms with Gasteiger partial charge in [0.1, 0.15) is 17.7 Å². The van der Waals surface area contributed by atoms with Crippen molar-refractivity contribution in [1.29, 1.82) is 0 Å². The summed E-state index contributed by atoms with van der Waals surface area (Å²) >= 11 is 0. The van der Waals surface area contributed by atoms with Gasteiger partial charge >= 0.3 is 0 Å². The van der Waals surface area contributed by atoms with Gasteiger partial charge in [0.2, 0.25) is 0 Å². The lowest BCUT2D eigenvalue weighted by atomic mass is 10.1. The van der Waals surface area contributed by atoms with Gasteiger partial charge in [0.15, 0.2) is 0 Å². The number of amides is 1. The number of aliphatic hydroxyl groups excluding tert-OH is 1. The molecule has 5 nitrogen and oxygen atoms in total. The van der Waals surface area contributed by atoms with Crippen molar-refractivity contribution in [1.82, 2.24) is 15.1 Å². The van der Waals surface area contributed by atoms with Crippen LogP contribution in [0.4, 0.5) is 8.78 Å². The van der Waals surface area contributed by atoms with Crippen molar-refractivity contribution in [3.8, 4) is 5.69 Å². The van der Waals surface area contributed by atoms with Crippen molar-refractivity contribution >= 4 is 5.91 Å². The van der Waals surface area contributed by atoms with Crippen LogP contribution in [0.2, 0.25) is 0 Å². The highest BCUT2D eigenvalue weighted by molar-refractivity contribution is 5.93. The average Bonchev–Trinajstić information content (AvgIpc) is 3.10. The van der Waals surface area contributed by atoms with E-state index in [4.69, 9.17) is 0 Å². The Hall–Kier alpha value is -3.06. The van der Waals surface area contributed by atoms with Crippen molar-refractivity contribution in [2.24, 2.45) is 0 Å². The molecule has 0 aliphatic heterocycles. The molecule has 7 heteroatoms. The smallest absolute Gasteiger partial charge is 0.254 e. The number of rotatable bonds is 5. The molecule has 2 N–H and O–H groups in total. The Morgan fingerprint density at radius 1 is 1.12 bits per heavy atom. The van der Waals surface area contributed by atoms with Crippen LogP contribution in [0.1, 0.15) is 22.0 Å². The number of hydrogen-bond donors (Lipinski definition) is 2. The lowest BCUT2D eigenvalue weighted by Crippen LogP contribution is -2.28. The van der Waals surface area contributed by atoms with Crippen LogP contribution in [0, 0.1) is 11.6 Å². The Morgan fingerprint density at radius 3 is 2.48 bits per heavy atom. The van der Waals surface area contributed by atoms with Gasteiger partial charge in [0, 0.05) is 12.7 Å². The van der Waals surface area contributed by atoms with E-state index < -0.39 is 29.2 Å². The number of carbonyl (C=O) groups excluding carboxylic acids is 1. The van der Waals surface area contributed by atoms with Crippen molar-refractivity contribution in [3.05, 3.63) is 83.7 Å². The molecule has 1 atom stereocenters. The minimum absolute atomic E-state index is 0.269. The van der Waals surface area contributed by atoms with Crippen molar-refractivity contribution < 1.29 is 18.7 Å². The molecule has 0 saturated heterocycles. The average molecular weight is 343 g/mol. The van der Waals surface area contributed by atoms with E-state index in [-0.39, 0.29) is 12.1 Å². The molecule has 0 aliphatic carbocycles. The maximum Gasteiger partial charge on any atom is 0.254 e. The normalized spacial score (nSPS) is 12.0. The summed E-state index contributed by atoms with van der Waals surface area (Å²) in [7, 11) is 0. The number of aliphatic hydroxyl groups is 1. The van der Waals surface area contributed by atoms with E-state index in [1.54, 1.807) is 0 Å². The lowest BCUT2D eigenvalue weighted by Gasteiger charge is -2.13. The SMILES string of the molecule is O=C(NCC(O)c1c(F)cccc1F)c1cnn(-c2ccccc2)c1. The first-order valence-electron chi connectivity index (χ1n) is 7.56. The molecule has 0 aliphatic rings. The van der Waals surface area contributed by atoms with E-state index in [0.717, 1.165) is 17.8 Å². The molecule has 3 aromatic rings. The Balaban J connectivity index is 1.66. The van der Waals surface area contributed by atoms with Crippen molar-refractivity contribution in [2.45, 2.75) is 6.10 Å². The van der Waals surface area contributed by atoms with Gasteiger partial charge in [-0.25, -0.2) is 13.5 Å². The minimum Gasteiger partial charge on any atom is -0.386 e. The molecule has 128 valence electrons. The summed E-state index contributed by atoms with van der Waals surface area (Å²) in [5.74, 6) is -2.23. The van der Waals surface area contributed by atoms with Gasteiger partial charge in [-0.15, -0.1) is 0 Å². The summed E-state index contributed by atoms with van der Waals surface area (Å²) in [6.45, 7) is -0.326. The van der Waals surface area contributed by atoms with Crippen LogP contribution in [0.3, 0.4) is 0 Å². The molecule has 0 radical (unpaired) electrons. The predicted octanol–water partition coefficient (Wildman–Crippen LogP) is 2.61. The highest BCUT2D eigenvalue weighted by Gasteiger charge is 2.19. The molecule has 2 aromatic carbocycles. The van der Waals surface area contributed by atoms with Gasteiger partial charge in [-0.1, -0.05) is 24.3 Å². The zero-order valence-corrected chi connectivity index (χ0v) is 13.1. The molecule has 0 bridgehead atoms. The van der Waals surface area contributed by atoms with E-state index in [0.29, 0.717) is 0 Å². The number of hydrogen-bond acceptors (Lipinski definition) is 3. The third kappa shape index (κ3) is 3.72. The third-order valence-corrected chi connectivity index (χ3v) is 3.65.